The largest absolute Gasteiger partial charge is 0.308 e. The van der Waals surface area contributed by atoms with Gasteiger partial charge in [-0.25, -0.2) is 15.8 Å². The fourth-order valence-corrected chi connectivity index (χ4v) is 2.34. The fraction of sp³-hybridized carbons (Fsp3) is 0. The summed E-state index contributed by atoms with van der Waals surface area (Å²) in [6.45, 7) is 0. The average Bonchev–Trinajstić information content (AvgIpc) is 2.86. The van der Waals surface area contributed by atoms with Gasteiger partial charge in [0, 0.05) is 6.20 Å². The van der Waals surface area contributed by atoms with Gasteiger partial charge in [0.25, 0.3) is 0 Å². The molecule has 0 saturated carbocycles. The number of nitrogens with zero attached hydrogens (tertiary/aromatic N) is 3. The van der Waals surface area contributed by atoms with Crippen LogP contribution in [-0.2, 0) is 0 Å². The molecule has 3 heterocycles. The van der Waals surface area contributed by atoms with Crippen molar-refractivity contribution in [3.63, 3.8) is 0 Å². The molecule has 0 unspecified atom stereocenters. The second-order valence-corrected chi connectivity index (χ2v) is 4.29. The molecule has 84 valence electrons. The van der Waals surface area contributed by atoms with Gasteiger partial charge in [0.2, 0.25) is 0 Å². The van der Waals surface area contributed by atoms with Crippen LogP contribution in [0.25, 0.3) is 21.7 Å². The van der Waals surface area contributed by atoms with Crippen molar-refractivity contribution >= 4 is 27.4 Å². The minimum atomic E-state index is 0.577. The summed E-state index contributed by atoms with van der Waals surface area (Å²) in [5, 5.41) is 2.89. The Hall–Kier alpha value is -2.05. The van der Waals surface area contributed by atoms with E-state index < -0.39 is 0 Å². The van der Waals surface area contributed by atoms with Gasteiger partial charge in [-0.3, -0.25) is 4.98 Å². The van der Waals surface area contributed by atoms with Crippen LogP contribution >= 0.6 is 11.3 Å². The van der Waals surface area contributed by atoms with E-state index >= 15 is 0 Å². The van der Waals surface area contributed by atoms with E-state index in [0.717, 1.165) is 15.9 Å². The van der Waals surface area contributed by atoms with Crippen molar-refractivity contribution in [2.24, 2.45) is 5.84 Å². The average molecular weight is 243 g/mol. The molecular formula is C11H9N5S. The summed E-state index contributed by atoms with van der Waals surface area (Å²) in [5.41, 5.74) is 3.33. The van der Waals surface area contributed by atoms with Crippen LogP contribution in [0.4, 0.5) is 5.82 Å². The van der Waals surface area contributed by atoms with Crippen LogP contribution in [0.3, 0.4) is 0 Å². The van der Waals surface area contributed by atoms with Gasteiger partial charge in [0.05, 0.1) is 5.39 Å². The van der Waals surface area contributed by atoms with Crippen LogP contribution in [0.2, 0.25) is 0 Å². The Kier molecular flexibility index (Phi) is 2.43. The SMILES string of the molecule is NNc1nc(-c2ccccn2)nc2sccc12. The zero-order valence-electron chi connectivity index (χ0n) is 8.79. The molecule has 0 atom stereocenters. The van der Waals surface area contributed by atoms with Crippen molar-refractivity contribution in [2.45, 2.75) is 0 Å². The summed E-state index contributed by atoms with van der Waals surface area (Å²) < 4.78 is 0. The van der Waals surface area contributed by atoms with Gasteiger partial charge in [0.1, 0.15) is 10.5 Å². The molecule has 0 bridgehead atoms. The van der Waals surface area contributed by atoms with Crippen molar-refractivity contribution in [3.05, 3.63) is 35.8 Å². The predicted molar refractivity (Wildman–Crippen MR) is 68.5 cm³/mol. The quantitative estimate of drug-likeness (QED) is 0.532. The molecule has 0 saturated heterocycles. The number of thiophene rings is 1. The van der Waals surface area contributed by atoms with Crippen LogP contribution in [0.15, 0.2) is 35.8 Å². The Morgan fingerprint density at radius 1 is 1.18 bits per heavy atom. The summed E-state index contributed by atoms with van der Waals surface area (Å²) >= 11 is 1.55. The molecule has 0 aliphatic heterocycles. The molecule has 0 aliphatic rings. The van der Waals surface area contributed by atoms with Gasteiger partial charge in [0.15, 0.2) is 11.6 Å². The highest BCUT2D eigenvalue weighted by molar-refractivity contribution is 7.16. The number of hydrogen-bond donors (Lipinski definition) is 2. The van der Waals surface area contributed by atoms with E-state index in [9.17, 15) is 0 Å². The third-order valence-electron chi connectivity index (χ3n) is 2.36. The Balaban J connectivity index is 2.24. The maximum absolute atomic E-state index is 5.47. The van der Waals surface area contributed by atoms with Crippen LogP contribution in [0, 0.1) is 0 Å². The number of nitrogens with two attached hydrogens (primary N) is 1. The smallest absolute Gasteiger partial charge is 0.181 e. The van der Waals surface area contributed by atoms with Gasteiger partial charge in [-0.15, -0.1) is 11.3 Å². The minimum absolute atomic E-state index is 0.577. The van der Waals surface area contributed by atoms with Crippen molar-refractivity contribution in [2.75, 3.05) is 5.43 Å². The first-order valence-electron chi connectivity index (χ1n) is 5.02. The molecule has 3 rings (SSSR count). The van der Waals surface area contributed by atoms with E-state index in [4.69, 9.17) is 5.84 Å². The van der Waals surface area contributed by atoms with Gasteiger partial charge in [-0.2, -0.15) is 0 Å². The Bertz CT molecular complexity index is 649. The number of aromatic nitrogens is 3. The summed E-state index contributed by atoms with van der Waals surface area (Å²) in [5.74, 6) is 6.67. The molecule has 3 aromatic heterocycles. The third kappa shape index (κ3) is 1.73. The first-order valence-corrected chi connectivity index (χ1v) is 5.90. The van der Waals surface area contributed by atoms with Crippen molar-refractivity contribution < 1.29 is 0 Å². The molecule has 0 radical (unpaired) electrons. The normalized spacial score (nSPS) is 10.6. The van der Waals surface area contributed by atoms with Crippen LogP contribution < -0.4 is 11.3 Å². The molecule has 0 aliphatic carbocycles. The Morgan fingerprint density at radius 3 is 2.88 bits per heavy atom. The monoisotopic (exact) mass is 243 g/mol. The minimum Gasteiger partial charge on any atom is -0.308 e. The number of rotatable bonds is 2. The Morgan fingerprint density at radius 2 is 2.12 bits per heavy atom. The zero-order valence-corrected chi connectivity index (χ0v) is 9.61. The number of hydrogen-bond acceptors (Lipinski definition) is 6. The first kappa shape index (κ1) is 10.1. The second kappa shape index (κ2) is 4.08. The maximum atomic E-state index is 5.47. The number of nitrogens with one attached hydrogen (secondary N) is 1. The lowest BCUT2D eigenvalue weighted by Crippen LogP contribution is -2.09. The van der Waals surface area contributed by atoms with E-state index in [2.05, 4.69) is 20.4 Å². The molecular weight excluding hydrogens is 234 g/mol. The molecule has 0 fully saturated rings. The number of pyridine rings is 1. The lowest BCUT2D eigenvalue weighted by Gasteiger charge is -2.04. The third-order valence-corrected chi connectivity index (χ3v) is 3.16. The summed E-state index contributed by atoms with van der Waals surface area (Å²) in [7, 11) is 0. The highest BCUT2D eigenvalue weighted by Gasteiger charge is 2.09. The second-order valence-electron chi connectivity index (χ2n) is 3.39. The molecule has 3 N–H and O–H groups in total. The van der Waals surface area contributed by atoms with Crippen LogP contribution in [0.1, 0.15) is 0 Å². The molecule has 0 aromatic carbocycles. The number of hydrazine groups is 1. The number of fused-ring (bicyclic) bond motifs is 1. The van der Waals surface area contributed by atoms with E-state index in [1.807, 2.05) is 29.6 Å². The number of anilines is 1. The first-order chi connectivity index (χ1) is 8.38. The fourth-order valence-electron chi connectivity index (χ4n) is 1.58. The molecule has 6 heteroatoms. The Labute approximate surface area is 101 Å². The number of nitrogen functional groups attached to an aromatic ring is 1. The highest BCUT2D eigenvalue weighted by atomic mass is 32.1. The molecule has 3 aromatic rings. The van der Waals surface area contributed by atoms with Crippen LogP contribution in [0.5, 0.6) is 0 Å². The van der Waals surface area contributed by atoms with Crippen LogP contribution in [-0.4, -0.2) is 15.0 Å². The van der Waals surface area contributed by atoms with Crippen molar-refractivity contribution in [1.29, 1.82) is 0 Å². The topological polar surface area (TPSA) is 76.7 Å². The van der Waals surface area contributed by atoms with E-state index in [1.54, 1.807) is 17.5 Å². The molecule has 0 amide bonds. The lowest BCUT2D eigenvalue weighted by molar-refractivity contribution is 1.16. The standard InChI is InChI=1S/C11H9N5S/c12-16-9-7-4-6-17-11(7)15-10(14-9)8-3-1-2-5-13-8/h1-6H,12H2,(H,14,15,16). The van der Waals surface area contributed by atoms with Crippen molar-refractivity contribution in [3.8, 4) is 11.5 Å². The summed E-state index contributed by atoms with van der Waals surface area (Å²) in [6, 6.07) is 7.57. The van der Waals surface area contributed by atoms with E-state index in [-0.39, 0.29) is 0 Å². The molecule has 5 nitrogen and oxygen atoms in total. The molecule has 17 heavy (non-hydrogen) atoms. The van der Waals surface area contributed by atoms with Gasteiger partial charge in [-0.1, -0.05) is 6.07 Å². The van der Waals surface area contributed by atoms with E-state index in [1.165, 1.54) is 0 Å². The van der Waals surface area contributed by atoms with E-state index in [0.29, 0.717) is 11.6 Å². The maximum Gasteiger partial charge on any atom is 0.181 e. The molecule has 0 spiro atoms. The highest BCUT2D eigenvalue weighted by Crippen LogP contribution is 2.26. The summed E-state index contributed by atoms with van der Waals surface area (Å²) in [4.78, 5) is 13.9. The van der Waals surface area contributed by atoms with Gasteiger partial charge >= 0.3 is 0 Å². The lowest BCUT2D eigenvalue weighted by atomic mass is 10.3. The summed E-state index contributed by atoms with van der Waals surface area (Å²) in [6.07, 6.45) is 1.72. The van der Waals surface area contributed by atoms with Crippen molar-refractivity contribution in [1.82, 2.24) is 15.0 Å². The van der Waals surface area contributed by atoms with Gasteiger partial charge in [-0.05, 0) is 23.6 Å². The predicted octanol–water partition coefficient (Wildman–Crippen LogP) is 2.04. The zero-order chi connectivity index (χ0) is 11.7. The van der Waals surface area contributed by atoms with Gasteiger partial charge < -0.3 is 5.43 Å².